The maximum Gasteiger partial charge on any atom is 0.310 e. The van der Waals surface area contributed by atoms with E-state index in [1.165, 1.54) is 12.7 Å². The molecule has 1 aliphatic heterocycles. The molecule has 1 saturated heterocycles. The zero-order chi connectivity index (χ0) is 15.9. The quantitative estimate of drug-likeness (QED) is 0.782. The topological polar surface area (TPSA) is 55.8 Å². The molecule has 22 heavy (non-hydrogen) atoms. The van der Waals surface area contributed by atoms with E-state index in [9.17, 15) is 9.59 Å². The average molecular weight is 305 g/mol. The Labute approximate surface area is 131 Å². The highest BCUT2D eigenvalue weighted by Gasteiger charge is 2.28. The number of amides is 1. The van der Waals surface area contributed by atoms with Gasteiger partial charge in [-0.25, -0.2) is 0 Å². The van der Waals surface area contributed by atoms with Gasteiger partial charge in [-0.15, -0.1) is 0 Å². The first-order chi connectivity index (χ1) is 10.6. The predicted octanol–water partition coefficient (Wildman–Crippen LogP) is 2.18. The summed E-state index contributed by atoms with van der Waals surface area (Å²) in [6.07, 6.45) is 1.95. The monoisotopic (exact) mass is 305 g/mol. The van der Waals surface area contributed by atoms with Gasteiger partial charge < -0.3 is 14.4 Å². The molecule has 0 saturated carbocycles. The molecule has 0 radical (unpaired) electrons. The van der Waals surface area contributed by atoms with Crippen molar-refractivity contribution in [1.29, 1.82) is 0 Å². The van der Waals surface area contributed by atoms with Crippen LogP contribution in [0.15, 0.2) is 24.3 Å². The van der Waals surface area contributed by atoms with Crippen LogP contribution < -0.4 is 4.74 Å². The van der Waals surface area contributed by atoms with E-state index in [4.69, 9.17) is 9.47 Å². The normalized spacial score (nSPS) is 17.9. The largest absolute Gasteiger partial charge is 0.493 e. The number of benzene rings is 1. The molecule has 1 atom stereocenters. The number of rotatable bonds is 5. The number of carbonyl (C=O) groups excluding carboxylic acids is 2. The van der Waals surface area contributed by atoms with Crippen molar-refractivity contribution in [1.82, 2.24) is 4.90 Å². The number of nitrogens with zero attached hydrogens (tertiary/aromatic N) is 1. The molecule has 0 bridgehead atoms. The van der Waals surface area contributed by atoms with Gasteiger partial charge in [0.15, 0.2) is 0 Å². The first-order valence-corrected chi connectivity index (χ1v) is 7.65. The second kappa shape index (κ2) is 7.82. The standard InChI is InChI=1S/C17H23NO4/c1-13-5-7-15(8-6-13)22-11-9-16(19)18-10-3-4-14(12-18)17(20)21-2/h5-8,14H,3-4,9-12H2,1-2H3. The number of hydrogen-bond donors (Lipinski definition) is 0. The third kappa shape index (κ3) is 4.48. The fraction of sp³-hybridized carbons (Fsp3) is 0.529. The minimum Gasteiger partial charge on any atom is -0.493 e. The molecule has 120 valence electrons. The van der Waals surface area contributed by atoms with Crippen molar-refractivity contribution >= 4 is 11.9 Å². The second-order valence-electron chi connectivity index (χ2n) is 5.61. The van der Waals surface area contributed by atoms with Gasteiger partial charge in [0.25, 0.3) is 0 Å². The van der Waals surface area contributed by atoms with E-state index in [-0.39, 0.29) is 17.8 Å². The van der Waals surface area contributed by atoms with E-state index in [2.05, 4.69) is 0 Å². The van der Waals surface area contributed by atoms with Crippen molar-refractivity contribution in [2.24, 2.45) is 5.92 Å². The molecule has 0 aromatic heterocycles. The fourth-order valence-corrected chi connectivity index (χ4v) is 2.61. The van der Waals surface area contributed by atoms with Crippen LogP contribution in [-0.2, 0) is 14.3 Å². The molecule has 1 unspecified atom stereocenters. The van der Waals surface area contributed by atoms with Gasteiger partial charge in [-0.1, -0.05) is 17.7 Å². The van der Waals surface area contributed by atoms with Crippen LogP contribution >= 0.6 is 0 Å². The van der Waals surface area contributed by atoms with Gasteiger partial charge in [0, 0.05) is 13.1 Å². The summed E-state index contributed by atoms with van der Waals surface area (Å²) in [5.41, 5.74) is 1.17. The predicted molar refractivity (Wildman–Crippen MR) is 82.6 cm³/mol. The van der Waals surface area contributed by atoms with Crippen LogP contribution in [0.5, 0.6) is 5.75 Å². The zero-order valence-corrected chi connectivity index (χ0v) is 13.2. The SMILES string of the molecule is COC(=O)C1CCCN(C(=O)CCOc2ccc(C)cc2)C1. The number of likely N-dealkylation sites (tertiary alicyclic amines) is 1. The molecule has 1 fully saturated rings. The number of piperidine rings is 1. The third-order valence-electron chi connectivity index (χ3n) is 3.91. The molecular weight excluding hydrogens is 282 g/mol. The summed E-state index contributed by atoms with van der Waals surface area (Å²) in [7, 11) is 1.39. The highest BCUT2D eigenvalue weighted by Crippen LogP contribution is 2.18. The fourth-order valence-electron chi connectivity index (χ4n) is 2.61. The Hall–Kier alpha value is -2.04. The van der Waals surface area contributed by atoms with Gasteiger partial charge in [-0.05, 0) is 31.9 Å². The molecule has 0 N–H and O–H groups in total. The van der Waals surface area contributed by atoms with Gasteiger partial charge in [-0.3, -0.25) is 9.59 Å². The van der Waals surface area contributed by atoms with Crippen LogP contribution in [0, 0.1) is 12.8 Å². The molecule has 5 nitrogen and oxygen atoms in total. The number of carbonyl (C=O) groups is 2. The lowest BCUT2D eigenvalue weighted by Gasteiger charge is -2.31. The highest BCUT2D eigenvalue weighted by molar-refractivity contribution is 5.78. The Morgan fingerprint density at radius 1 is 1.27 bits per heavy atom. The van der Waals surface area contributed by atoms with Crippen LogP contribution in [0.2, 0.25) is 0 Å². The maximum atomic E-state index is 12.2. The van der Waals surface area contributed by atoms with Gasteiger partial charge >= 0.3 is 5.97 Å². The zero-order valence-electron chi connectivity index (χ0n) is 13.2. The number of esters is 1. The molecule has 0 spiro atoms. The van der Waals surface area contributed by atoms with Crippen LogP contribution in [0.4, 0.5) is 0 Å². The molecule has 1 amide bonds. The lowest BCUT2D eigenvalue weighted by Crippen LogP contribution is -2.43. The van der Waals surface area contributed by atoms with E-state index >= 15 is 0 Å². The molecule has 1 aromatic rings. The van der Waals surface area contributed by atoms with Crippen molar-refractivity contribution in [3.8, 4) is 5.75 Å². The van der Waals surface area contributed by atoms with Gasteiger partial charge in [0.2, 0.25) is 5.91 Å². The average Bonchev–Trinajstić information content (AvgIpc) is 2.56. The number of methoxy groups -OCH3 is 1. The van der Waals surface area contributed by atoms with Gasteiger partial charge in [0.05, 0.1) is 26.1 Å². The summed E-state index contributed by atoms with van der Waals surface area (Å²) >= 11 is 0. The lowest BCUT2D eigenvalue weighted by atomic mass is 9.98. The molecule has 1 aliphatic rings. The molecular formula is C17H23NO4. The maximum absolute atomic E-state index is 12.2. The summed E-state index contributed by atoms with van der Waals surface area (Å²) < 4.78 is 10.3. The summed E-state index contributed by atoms with van der Waals surface area (Å²) in [6.45, 7) is 3.52. The Bertz CT molecular complexity index is 512. The Morgan fingerprint density at radius 2 is 2.00 bits per heavy atom. The minimum atomic E-state index is -0.228. The lowest BCUT2D eigenvalue weighted by molar-refractivity contribution is -0.149. The van der Waals surface area contributed by atoms with E-state index < -0.39 is 0 Å². The summed E-state index contributed by atoms with van der Waals surface area (Å²) in [5.74, 6) is 0.374. The van der Waals surface area contributed by atoms with Crippen molar-refractivity contribution in [3.05, 3.63) is 29.8 Å². The summed E-state index contributed by atoms with van der Waals surface area (Å²) in [5, 5.41) is 0. The minimum absolute atomic E-state index is 0.0284. The van der Waals surface area contributed by atoms with E-state index in [1.54, 1.807) is 4.90 Å². The smallest absolute Gasteiger partial charge is 0.310 e. The Balaban J connectivity index is 1.77. The molecule has 0 aliphatic carbocycles. The Kier molecular flexibility index (Phi) is 5.81. The first kappa shape index (κ1) is 16.3. The van der Waals surface area contributed by atoms with Crippen molar-refractivity contribution < 1.29 is 19.1 Å². The Morgan fingerprint density at radius 3 is 2.68 bits per heavy atom. The molecule has 1 heterocycles. The van der Waals surface area contributed by atoms with E-state index in [1.807, 2.05) is 31.2 Å². The first-order valence-electron chi connectivity index (χ1n) is 7.65. The van der Waals surface area contributed by atoms with Crippen LogP contribution in [0.1, 0.15) is 24.8 Å². The molecule has 5 heteroatoms. The van der Waals surface area contributed by atoms with Crippen molar-refractivity contribution in [2.75, 3.05) is 26.8 Å². The number of hydrogen-bond acceptors (Lipinski definition) is 4. The van der Waals surface area contributed by atoms with Crippen LogP contribution in [0.3, 0.4) is 0 Å². The summed E-state index contributed by atoms with van der Waals surface area (Å²) in [4.78, 5) is 25.5. The van der Waals surface area contributed by atoms with Crippen LogP contribution in [-0.4, -0.2) is 43.6 Å². The van der Waals surface area contributed by atoms with Gasteiger partial charge in [0.1, 0.15) is 5.75 Å². The molecule has 2 rings (SSSR count). The van der Waals surface area contributed by atoms with E-state index in [0.717, 1.165) is 18.6 Å². The number of ether oxygens (including phenoxy) is 2. The van der Waals surface area contributed by atoms with E-state index in [0.29, 0.717) is 26.1 Å². The second-order valence-corrected chi connectivity index (χ2v) is 5.61. The van der Waals surface area contributed by atoms with Crippen molar-refractivity contribution in [2.45, 2.75) is 26.2 Å². The number of aryl methyl sites for hydroxylation is 1. The van der Waals surface area contributed by atoms with Crippen molar-refractivity contribution in [3.63, 3.8) is 0 Å². The third-order valence-corrected chi connectivity index (χ3v) is 3.91. The summed E-state index contributed by atoms with van der Waals surface area (Å²) in [6, 6.07) is 7.74. The molecule has 1 aromatic carbocycles. The van der Waals surface area contributed by atoms with Crippen LogP contribution in [0.25, 0.3) is 0 Å². The highest BCUT2D eigenvalue weighted by atomic mass is 16.5. The van der Waals surface area contributed by atoms with Gasteiger partial charge in [-0.2, -0.15) is 0 Å².